The number of hydrogen-bond acceptors (Lipinski definition) is 13. The highest BCUT2D eigenvalue weighted by Crippen LogP contribution is 2.46. The van der Waals surface area contributed by atoms with Crippen LogP contribution in [0.3, 0.4) is 0 Å². The molecular weight excluding hydrogens is 1470 g/mol. The third-order valence-electron chi connectivity index (χ3n) is 22.4. The van der Waals surface area contributed by atoms with Crippen molar-refractivity contribution in [2.24, 2.45) is 0 Å². The molecule has 0 radical (unpaired) electrons. The second kappa shape index (κ2) is 37.4. The third-order valence-corrected chi connectivity index (χ3v) is 22.4. The van der Waals surface area contributed by atoms with Crippen molar-refractivity contribution in [1.29, 1.82) is 0 Å². The number of aryl methyl sites for hydroxylation is 12. The van der Waals surface area contributed by atoms with Gasteiger partial charge in [-0.2, -0.15) is 0 Å². The Morgan fingerprint density at radius 2 is 0.534 bits per heavy atom. The molecule has 0 heterocycles. The van der Waals surface area contributed by atoms with E-state index in [1.165, 1.54) is 5.56 Å². The van der Waals surface area contributed by atoms with Crippen LogP contribution in [0.1, 0.15) is 183 Å². The van der Waals surface area contributed by atoms with E-state index < -0.39 is 5.41 Å². The van der Waals surface area contributed by atoms with Crippen molar-refractivity contribution in [3.8, 4) is 74.7 Å². The molecule has 0 saturated heterocycles. The monoisotopic (exact) mass is 1580 g/mol. The maximum atomic E-state index is 10.5. The van der Waals surface area contributed by atoms with Crippen molar-refractivity contribution in [2.45, 2.75) is 139 Å². The molecule has 0 fully saturated rings. The van der Waals surface area contributed by atoms with E-state index >= 15 is 0 Å². The summed E-state index contributed by atoms with van der Waals surface area (Å²) >= 11 is 0. The Balaban J connectivity index is 0.000000158. The first-order valence-corrected chi connectivity index (χ1v) is 39.3. The fraction of sp³-hybridized carbons (Fsp3) is 0.200. The summed E-state index contributed by atoms with van der Waals surface area (Å²) in [6.45, 7) is 29.3. The SMILES string of the molecule is CC(C)(c1ccc(O)cc1)c1ccc(C(C)(c2ccc(O)cc2)c2ccc(O)cc2)cc1.Cc1cc(C(c2cc(C)c(O)c(C)c2)c2ccccc2O)c(C)cc1O.Cc1cc(C(c2cc(C)c(O)c(C)c2)c2ccccc2O)cc(C)c1O.Cc1cc(Cc2ccc(O)c(C)c2)ccc1O.Cc1ccc(O)c(Cc2cc(C)ccc2O)c1. The zero-order valence-corrected chi connectivity index (χ0v) is 69.8. The van der Waals surface area contributed by atoms with Gasteiger partial charge in [-0.3, -0.25) is 0 Å². The van der Waals surface area contributed by atoms with Crippen LogP contribution in [-0.2, 0) is 23.7 Å². The molecule has 1 unspecified atom stereocenters. The largest absolute Gasteiger partial charge is 0.508 e. The highest BCUT2D eigenvalue weighted by molar-refractivity contribution is 5.60. The standard InChI is InChI=1S/C29H28O3.2C23H24O3.2C15H16O2/c1-28(2,21-8-14-25(30)15-9-21)20-4-6-22(7-5-20)29(3,23-10-16-26(31)17-11-23)24-12-18-27(32)19-13-24;1-13-12-21(25)14(2)11-19(13)22(18-7-5-6-8-20(18)24)17-9-15(3)23(26)16(4)10-17;1-13-9-17(10-14(2)22(13)25)21(19-7-5-6-8-20(19)24)18-11-15(3)23(26)16(4)12-18;1-10-7-12(3-5-14(10)16)9-13-4-6-15(17)11(2)8-13;1-10-3-5-14(16)12(7-10)9-13-8-11(2)4-6-15(13)17/h4-19,30-32H,1-3H3;5-12,22,24-26H,1-4H3;5-12,21,24-26H,1-4H3;2*3-8,16-17H,9H2,1-2H3. The first-order chi connectivity index (χ1) is 55.9. The number of phenols is 13. The molecule has 0 spiro atoms. The van der Waals surface area contributed by atoms with Crippen molar-refractivity contribution in [1.82, 2.24) is 0 Å². The maximum absolute atomic E-state index is 10.5. The van der Waals surface area contributed by atoms with Gasteiger partial charge in [0.25, 0.3) is 0 Å². The lowest BCUT2D eigenvalue weighted by molar-refractivity contribution is 0.462. The van der Waals surface area contributed by atoms with E-state index in [4.69, 9.17) is 0 Å². The number of aromatic hydroxyl groups is 13. The van der Waals surface area contributed by atoms with Crippen molar-refractivity contribution < 1.29 is 66.4 Å². The van der Waals surface area contributed by atoms with Gasteiger partial charge in [-0.15, -0.1) is 0 Å². The number of para-hydroxylation sites is 2. The van der Waals surface area contributed by atoms with Gasteiger partial charge in [0, 0.05) is 40.2 Å². The normalized spacial score (nSPS) is 11.4. The molecule has 14 aromatic carbocycles. The van der Waals surface area contributed by atoms with Crippen LogP contribution in [-0.4, -0.2) is 66.4 Å². The van der Waals surface area contributed by atoms with E-state index in [1.807, 2.05) is 235 Å². The molecule has 0 aromatic heterocycles. The van der Waals surface area contributed by atoms with E-state index in [2.05, 4.69) is 45.0 Å². The van der Waals surface area contributed by atoms with E-state index in [1.54, 1.807) is 91.0 Å². The van der Waals surface area contributed by atoms with Crippen LogP contribution >= 0.6 is 0 Å². The second-order valence-electron chi connectivity index (χ2n) is 31.8. The van der Waals surface area contributed by atoms with Crippen LogP contribution < -0.4 is 0 Å². The van der Waals surface area contributed by atoms with Crippen LogP contribution in [0.5, 0.6) is 74.7 Å². The lowest BCUT2D eigenvalue weighted by atomic mass is 9.70. The third kappa shape index (κ3) is 20.6. The molecule has 0 bridgehead atoms. The Morgan fingerprint density at radius 1 is 0.229 bits per heavy atom. The smallest absolute Gasteiger partial charge is 0.121 e. The molecule has 13 heteroatoms. The van der Waals surface area contributed by atoms with Gasteiger partial charge in [0.05, 0.1) is 0 Å². The lowest BCUT2D eigenvalue weighted by Crippen LogP contribution is -2.26. The van der Waals surface area contributed by atoms with Crippen LogP contribution in [0.4, 0.5) is 0 Å². The minimum absolute atomic E-state index is 0.200. The predicted octanol–water partition coefficient (Wildman–Crippen LogP) is 23.5. The van der Waals surface area contributed by atoms with E-state index in [-0.39, 0.29) is 63.2 Å². The number of benzene rings is 14. The molecule has 1 atom stereocenters. The molecule has 0 saturated carbocycles. The van der Waals surface area contributed by atoms with Crippen molar-refractivity contribution in [2.75, 3.05) is 0 Å². The summed E-state index contributed by atoms with van der Waals surface area (Å²) in [7, 11) is 0. The van der Waals surface area contributed by atoms with E-state index in [0.29, 0.717) is 35.2 Å². The molecule has 606 valence electrons. The van der Waals surface area contributed by atoms with Crippen LogP contribution in [0.25, 0.3) is 0 Å². The lowest BCUT2D eigenvalue weighted by Gasteiger charge is -2.33. The summed E-state index contributed by atoms with van der Waals surface area (Å²) in [5, 5.41) is 129. The van der Waals surface area contributed by atoms with E-state index in [0.717, 1.165) is 151 Å². The van der Waals surface area contributed by atoms with Gasteiger partial charge in [0.15, 0.2) is 0 Å². The molecular formula is C105H108O13. The Morgan fingerprint density at radius 3 is 0.890 bits per heavy atom. The number of phenolic OH excluding ortho intramolecular Hbond substituents is 13. The zero-order chi connectivity index (χ0) is 85.8. The van der Waals surface area contributed by atoms with Gasteiger partial charge >= 0.3 is 0 Å². The van der Waals surface area contributed by atoms with Crippen LogP contribution in [0, 0.1) is 83.1 Å². The molecule has 13 nitrogen and oxygen atoms in total. The first kappa shape index (κ1) is 86.9. The predicted molar refractivity (Wildman–Crippen MR) is 474 cm³/mol. The highest BCUT2D eigenvalue weighted by atomic mass is 16.3. The Hall–Kier alpha value is -13.5. The van der Waals surface area contributed by atoms with Crippen LogP contribution in [0.15, 0.2) is 267 Å². The second-order valence-corrected chi connectivity index (χ2v) is 31.8. The highest BCUT2D eigenvalue weighted by Gasteiger charge is 2.33. The maximum Gasteiger partial charge on any atom is 0.121 e. The van der Waals surface area contributed by atoms with Gasteiger partial charge in [-0.25, -0.2) is 0 Å². The quantitative estimate of drug-likeness (QED) is 0.0427. The van der Waals surface area contributed by atoms with Gasteiger partial charge in [0.1, 0.15) is 74.7 Å². The van der Waals surface area contributed by atoms with E-state index in [9.17, 15) is 66.4 Å². The number of rotatable bonds is 15. The van der Waals surface area contributed by atoms with Crippen molar-refractivity contribution in [3.05, 3.63) is 417 Å². The summed E-state index contributed by atoms with van der Waals surface area (Å²) in [6.07, 6.45) is 1.35. The summed E-state index contributed by atoms with van der Waals surface area (Å²) in [5.41, 5.74) is 24.9. The van der Waals surface area contributed by atoms with Crippen molar-refractivity contribution >= 4 is 0 Å². The molecule has 13 N–H and O–H groups in total. The number of hydrogen-bond donors (Lipinski definition) is 13. The summed E-state index contributed by atoms with van der Waals surface area (Å²) < 4.78 is 0. The Kier molecular flexibility index (Phi) is 27.5. The molecule has 0 aliphatic heterocycles. The first-order valence-electron chi connectivity index (χ1n) is 39.3. The van der Waals surface area contributed by atoms with Gasteiger partial charge in [-0.05, 0) is 303 Å². The average molecular weight is 1580 g/mol. The Bertz CT molecular complexity index is 5590. The van der Waals surface area contributed by atoms with Crippen molar-refractivity contribution in [3.63, 3.8) is 0 Å². The van der Waals surface area contributed by atoms with Gasteiger partial charge < -0.3 is 66.4 Å². The molecule has 0 aliphatic carbocycles. The van der Waals surface area contributed by atoms with Crippen LogP contribution in [0.2, 0.25) is 0 Å². The molecule has 0 aliphatic rings. The fourth-order valence-electron chi connectivity index (χ4n) is 15.3. The molecule has 14 rings (SSSR count). The summed E-state index contributed by atoms with van der Waals surface area (Å²) in [6, 6.07) is 82.9. The zero-order valence-electron chi connectivity index (χ0n) is 69.8. The van der Waals surface area contributed by atoms with Gasteiger partial charge in [-0.1, -0.05) is 213 Å². The average Bonchev–Trinajstić information content (AvgIpc) is 0.768. The molecule has 118 heavy (non-hydrogen) atoms. The molecule has 0 amide bonds. The topological polar surface area (TPSA) is 263 Å². The Labute approximate surface area is 693 Å². The molecule has 14 aromatic rings. The summed E-state index contributed by atoms with van der Waals surface area (Å²) in [4.78, 5) is 0. The minimum atomic E-state index is -0.470. The minimum Gasteiger partial charge on any atom is -0.508 e. The summed E-state index contributed by atoms with van der Waals surface area (Å²) in [5.74, 6) is 3.13. The fourth-order valence-corrected chi connectivity index (χ4v) is 15.3. The van der Waals surface area contributed by atoms with Gasteiger partial charge in [0.2, 0.25) is 0 Å².